The summed E-state index contributed by atoms with van der Waals surface area (Å²) in [6, 6.07) is 44.1. The first-order chi connectivity index (χ1) is 25.2. The average molecular weight is 703 g/mol. The molecular weight excluding hydrogens is 661 g/mol. The van der Waals surface area contributed by atoms with Crippen LogP contribution in [-0.4, -0.2) is 43.6 Å². The summed E-state index contributed by atoms with van der Waals surface area (Å²) in [7, 11) is 0. The molecule has 0 bridgehead atoms. The van der Waals surface area contributed by atoms with Gasteiger partial charge in [-0.25, -0.2) is 0 Å². The summed E-state index contributed by atoms with van der Waals surface area (Å²) >= 11 is 1.53. The summed E-state index contributed by atoms with van der Waals surface area (Å²) in [6.45, 7) is 1.81. The van der Waals surface area contributed by atoms with Gasteiger partial charge in [-0.3, -0.25) is 4.79 Å². The first-order valence-electron chi connectivity index (χ1n) is 17.2. The number of aldehydes is 1. The van der Waals surface area contributed by atoms with Crippen molar-refractivity contribution in [2.24, 2.45) is 0 Å². The van der Waals surface area contributed by atoms with E-state index >= 15 is 0 Å². The molecule has 51 heavy (non-hydrogen) atoms. The summed E-state index contributed by atoms with van der Waals surface area (Å²) in [5.74, 6) is -1.41. The van der Waals surface area contributed by atoms with Crippen LogP contribution < -0.4 is 0 Å². The van der Waals surface area contributed by atoms with Crippen molar-refractivity contribution in [1.82, 2.24) is 0 Å². The van der Waals surface area contributed by atoms with Gasteiger partial charge in [-0.1, -0.05) is 121 Å². The van der Waals surface area contributed by atoms with Crippen LogP contribution in [0.2, 0.25) is 0 Å². The smallest absolute Gasteiger partial charge is 0.226 e. The SMILES string of the molecule is CSc1cc2c(cc1C=O)[C@]1(OC2)O[C@H](COCc2ccccc2)[C@H](OCc2ccccc2)[C@H](OCc2ccccc2)[C@H]1OCc1ccccc1. The van der Waals surface area contributed by atoms with Gasteiger partial charge in [-0.05, 0) is 46.2 Å². The third kappa shape index (κ3) is 8.19. The van der Waals surface area contributed by atoms with E-state index in [-0.39, 0.29) is 19.8 Å². The normalized spacial score (nSPS) is 22.5. The van der Waals surface area contributed by atoms with Crippen molar-refractivity contribution in [2.45, 2.75) is 68.1 Å². The average Bonchev–Trinajstić information content (AvgIpc) is 3.54. The quantitative estimate of drug-likeness (QED) is 0.0798. The van der Waals surface area contributed by atoms with E-state index in [9.17, 15) is 4.79 Å². The summed E-state index contributed by atoms with van der Waals surface area (Å²) in [4.78, 5) is 13.3. The highest BCUT2D eigenvalue weighted by atomic mass is 32.2. The Morgan fingerprint density at radius 3 is 1.73 bits per heavy atom. The molecule has 2 heterocycles. The first-order valence-corrected chi connectivity index (χ1v) is 18.5. The van der Waals surface area contributed by atoms with E-state index in [0.29, 0.717) is 25.4 Å². The maximum atomic E-state index is 12.4. The molecule has 5 aromatic carbocycles. The van der Waals surface area contributed by atoms with Gasteiger partial charge in [0, 0.05) is 16.0 Å². The Hall–Kier alpha value is -4.12. The standard InChI is InChI=1S/C43H42O7S/c1-51-39-23-36-29-49-43(37(36)22-35(39)24-44)42(48-28-34-20-12-5-13-21-34)41(47-27-33-18-10-4-11-19-33)40(46-26-32-16-8-3-9-17-32)38(50-43)30-45-25-31-14-6-2-7-15-31/h2-24,38,40-42H,25-30H2,1H3/t38-,40+,41+,42-,43+/m1/s1. The molecule has 0 saturated carbocycles. The molecule has 1 fully saturated rings. The number of rotatable bonds is 15. The zero-order chi connectivity index (χ0) is 34.9. The van der Waals surface area contributed by atoms with Gasteiger partial charge in [0.15, 0.2) is 6.29 Å². The van der Waals surface area contributed by atoms with Crippen molar-refractivity contribution < 1.29 is 33.2 Å². The minimum absolute atomic E-state index is 0.203. The second-order valence-corrected chi connectivity index (χ2v) is 13.6. The zero-order valence-corrected chi connectivity index (χ0v) is 29.4. The monoisotopic (exact) mass is 702 g/mol. The van der Waals surface area contributed by atoms with E-state index in [4.69, 9.17) is 28.4 Å². The topological polar surface area (TPSA) is 72.5 Å². The predicted molar refractivity (Wildman–Crippen MR) is 196 cm³/mol. The lowest BCUT2D eigenvalue weighted by Gasteiger charge is -2.51. The molecule has 2 aliphatic rings. The number of thioether (sulfide) groups is 1. The molecule has 0 aromatic heterocycles. The van der Waals surface area contributed by atoms with Gasteiger partial charge in [-0.15, -0.1) is 11.8 Å². The maximum absolute atomic E-state index is 12.4. The molecule has 262 valence electrons. The highest BCUT2D eigenvalue weighted by Gasteiger charge is 2.61. The van der Waals surface area contributed by atoms with Crippen LogP contribution in [0.3, 0.4) is 0 Å². The largest absolute Gasteiger partial charge is 0.374 e. The lowest BCUT2D eigenvalue weighted by Crippen LogP contribution is -2.65. The summed E-state index contributed by atoms with van der Waals surface area (Å²) in [5.41, 5.74) is 6.34. The van der Waals surface area contributed by atoms with Gasteiger partial charge in [0.05, 0.1) is 39.6 Å². The number of hydrogen-bond donors (Lipinski definition) is 0. The Labute approximate surface area is 303 Å². The van der Waals surface area contributed by atoms with Gasteiger partial charge in [0.25, 0.3) is 0 Å². The van der Waals surface area contributed by atoms with E-state index in [0.717, 1.165) is 44.6 Å². The van der Waals surface area contributed by atoms with Crippen LogP contribution in [-0.2, 0) is 67.2 Å². The van der Waals surface area contributed by atoms with Crippen molar-refractivity contribution in [3.8, 4) is 0 Å². The van der Waals surface area contributed by atoms with Crippen molar-refractivity contribution in [3.63, 3.8) is 0 Å². The van der Waals surface area contributed by atoms with Crippen molar-refractivity contribution >= 4 is 18.0 Å². The Balaban J connectivity index is 1.31. The van der Waals surface area contributed by atoms with Crippen LogP contribution in [0.4, 0.5) is 0 Å². The lowest BCUT2D eigenvalue weighted by molar-refractivity contribution is -0.387. The molecule has 0 N–H and O–H groups in total. The van der Waals surface area contributed by atoms with Crippen molar-refractivity contribution in [2.75, 3.05) is 12.9 Å². The number of carbonyl (C=O) groups is 1. The number of benzene rings is 5. The number of fused-ring (bicyclic) bond motifs is 2. The first kappa shape index (κ1) is 35.3. The Kier molecular flexibility index (Phi) is 11.7. The van der Waals surface area contributed by atoms with Crippen LogP contribution in [0.25, 0.3) is 0 Å². The molecule has 0 aliphatic carbocycles. The molecule has 2 aliphatic heterocycles. The molecule has 0 amide bonds. The minimum Gasteiger partial charge on any atom is -0.374 e. The molecule has 0 radical (unpaired) electrons. The summed E-state index contributed by atoms with van der Waals surface area (Å²) in [6.07, 6.45) is 0.165. The fourth-order valence-electron chi connectivity index (χ4n) is 6.78. The zero-order valence-electron chi connectivity index (χ0n) is 28.6. The third-order valence-electron chi connectivity index (χ3n) is 9.33. The van der Waals surface area contributed by atoms with Crippen LogP contribution in [0.1, 0.15) is 43.7 Å². The number of ether oxygens (including phenoxy) is 6. The van der Waals surface area contributed by atoms with Crippen molar-refractivity contribution in [3.05, 3.63) is 172 Å². The maximum Gasteiger partial charge on any atom is 0.226 e. The van der Waals surface area contributed by atoms with E-state index in [2.05, 4.69) is 0 Å². The highest BCUT2D eigenvalue weighted by molar-refractivity contribution is 7.98. The summed E-state index contributed by atoms with van der Waals surface area (Å²) in [5, 5.41) is 0. The molecule has 1 spiro atoms. The molecule has 0 unspecified atom stereocenters. The predicted octanol–water partition coefficient (Wildman–Crippen LogP) is 8.28. The molecule has 5 aromatic rings. The van der Waals surface area contributed by atoms with Crippen LogP contribution >= 0.6 is 11.8 Å². The molecule has 5 atom stereocenters. The Morgan fingerprint density at radius 2 is 1.20 bits per heavy atom. The van der Waals surface area contributed by atoms with Gasteiger partial charge >= 0.3 is 0 Å². The highest BCUT2D eigenvalue weighted by Crippen LogP contribution is 2.50. The van der Waals surface area contributed by atoms with Crippen molar-refractivity contribution in [1.29, 1.82) is 0 Å². The second-order valence-electron chi connectivity index (χ2n) is 12.7. The van der Waals surface area contributed by atoms with E-state index in [1.54, 1.807) is 0 Å². The second kappa shape index (κ2) is 16.9. The fraction of sp³-hybridized carbons (Fsp3) is 0.279. The van der Waals surface area contributed by atoms with Gasteiger partial charge in [0.2, 0.25) is 5.79 Å². The van der Waals surface area contributed by atoms with E-state index in [1.165, 1.54) is 11.8 Å². The van der Waals surface area contributed by atoms with Gasteiger partial charge in [0.1, 0.15) is 24.4 Å². The fourth-order valence-corrected chi connectivity index (χ4v) is 7.39. The molecule has 1 saturated heterocycles. The van der Waals surface area contributed by atoms with Gasteiger partial charge in [-0.2, -0.15) is 0 Å². The molecular formula is C43H42O7S. The lowest BCUT2D eigenvalue weighted by atomic mass is 9.86. The van der Waals surface area contributed by atoms with Crippen LogP contribution in [0, 0.1) is 0 Å². The van der Waals surface area contributed by atoms with Crippen LogP contribution in [0.5, 0.6) is 0 Å². The molecule has 7 rings (SSSR count). The van der Waals surface area contributed by atoms with Crippen LogP contribution in [0.15, 0.2) is 138 Å². The number of hydrogen-bond acceptors (Lipinski definition) is 8. The van der Waals surface area contributed by atoms with Gasteiger partial charge < -0.3 is 28.4 Å². The molecule has 8 heteroatoms. The molecule has 7 nitrogen and oxygen atoms in total. The summed E-state index contributed by atoms with van der Waals surface area (Å²) < 4.78 is 41.0. The minimum atomic E-state index is -1.41. The third-order valence-corrected chi connectivity index (χ3v) is 10.1. The van der Waals surface area contributed by atoms with E-state index < -0.39 is 30.2 Å². The Bertz CT molecular complexity index is 1840. The van der Waals surface area contributed by atoms with E-state index in [1.807, 2.05) is 140 Å². The Morgan fingerprint density at radius 1 is 0.686 bits per heavy atom. The number of carbonyl (C=O) groups excluding carboxylic acids is 1.